The molecule has 3 rings (SSSR count). The summed E-state index contributed by atoms with van der Waals surface area (Å²) in [6.45, 7) is 0. The molecule has 20 heavy (non-hydrogen) atoms. The van der Waals surface area contributed by atoms with Crippen LogP contribution in [-0.2, 0) is 0 Å². The molecule has 100 valence electrons. The van der Waals surface area contributed by atoms with E-state index in [1.165, 1.54) is 0 Å². The molecule has 0 fully saturated rings. The van der Waals surface area contributed by atoms with E-state index in [0.29, 0.717) is 16.5 Å². The highest BCUT2D eigenvalue weighted by Gasteiger charge is 2.14. The highest BCUT2D eigenvalue weighted by atomic mass is 79.9. The second-order valence-corrected chi connectivity index (χ2v) is 5.31. The summed E-state index contributed by atoms with van der Waals surface area (Å²) in [5.41, 5.74) is 8.05. The van der Waals surface area contributed by atoms with Crippen molar-refractivity contribution in [2.75, 3.05) is 5.73 Å². The SMILES string of the molecule is Nc1cccc(-c2nnnn2-c2cccc(Cl)c2Br)c1. The van der Waals surface area contributed by atoms with Gasteiger partial charge in [-0.25, -0.2) is 0 Å². The molecular weight excluding hydrogens is 342 g/mol. The minimum absolute atomic E-state index is 0.594. The first-order chi connectivity index (χ1) is 9.66. The van der Waals surface area contributed by atoms with Gasteiger partial charge >= 0.3 is 0 Å². The van der Waals surface area contributed by atoms with E-state index in [2.05, 4.69) is 31.5 Å². The van der Waals surface area contributed by atoms with Crippen LogP contribution in [0.15, 0.2) is 46.9 Å². The van der Waals surface area contributed by atoms with E-state index in [4.69, 9.17) is 17.3 Å². The van der Waals surface area contributed by atoms with Gasteiger partial charge in [0.2, 0.25) is 0 Å². The average molecular weight is 351 g/mol. The number of nitrogen functional groups attached to an aromatic ring is 1. The van der Waals surface area contributed by atoms with Crippen molar-refractivity contribution in [2.45, 2.75) is 0 Å². The Hall–Kier alpha value is -1.92. The fraction of sp³-hybridized carbons (Fsp3) is 0. The Labute approximate surface area is 128 Å². The van der Waals surface area contributed by atoms with Gasteiger partial charge in [0.1, 0.15) is 0 Å². The normalized spacial score (nSPS) is 10.7. The molecule has 5 nitrogen and oxygen atoms in total. The van der Waals surface area contributed by atoms with Crippen molar-refractivity contribution in [3.05, 3.63) is 52.0 Å². The van der Waals surface area contributed by atoms with Crippen LogP contribution in [0, 0.1) is 0 Å². The molecule has 0 saturated heterocycles. The molecule has 0 unspecified atom stereocenters. The van der Waals surface area contributed by atoms with Crippen LogP contribution in [0.2, 0.25) is 5.02 Å². The number of anilines is 1. The number of halogens is 2. The van der Waals surface area contributed by atoms with Crippen molar-refractivity contribution in [3.63, 3.8) is 0 Å². The molecule has 0 bridgehead atoms. The van der Waals surface area contributed by atoms with E-state index >= 15 is 0 Å². The summed E-state index contributed by atoms with van der Waals surface area (Å²) in [6.07, 6.45) is 0. The van der Waals surface area contributed by atoms with Gasteiger partial charge in [0.15, 0.2) is 5.82 Å². The number of tetrazole rings is 1. The predicted octanol–water partition coefficient (Wildman–Crippen LogP) is 3.33. The van der Waals surface area contributed by atoms with Gasteiger partial charge < -0.3 is 5.73 Å². The summed E-state index contributed by atoms with van der Waals surface area (Å²) in [5.74, 6) is 0.597. The molecule has 0 radical (unpaired) electrons. The molecule has 7 heteroatoms. The minimum Gasteiger partial charge on any atom is -0.399 e. The van der Waals surface area contributed by atoms with Crippen LogP contribution in [0.1, 0.15) is 0 Å². The lowest BCUT2D eigenvalue weighted by atomic mass is 10.2. The minimum atomic E-state index is 0.594. The van der Waals surface area contributed by atoms with Gasteiger partial charge in [-0.15, -0.1) is 5.10 Å². The molecule has 0 spiro atoms. The third-order valence-corrected chi connectivity index (χ3v) is 4.15. The Morgan fingerprint density at radius 1 is 1.15 bits per heavy atom. The molecule has 2 aromatic carbocycles. The smallest absolute Gasteiger partial charge is 0.187 e. The third-order valence-electron chi connectivity index (χ3n) is 2.77. The van der Waals surface area contributed by atoms with Gasteiger partial charge in [0.25, 0.3) is 0 Å². The molecule has 3 aromatic rings. The molecule has 0 aliphatic rings. The maximum absolute atomic E-state index is 6.11. The van der Waals surface area contributed by atoms with Crippen molar-refractivity contribution in [3.8, 4) is 17.1 Å². The Balaban J connectivity index is 2.18. The van der Waals surface area contributed by atoms with Crippen LogP contribution in [0.3, 0.4) is 0 Å². The van der Waals surface area contributed by atoms with Crippen molar-refractivity contribution < 1.29 is 0 Å². The van der Waals surface area contributed by atoms with Gasteiger partial charge in [-0.3, -0.25) is 0 Å². The van der Waals surface area contributed by atoms with Crippen molar-refractivity contribution in [2.24, 2.45) is 0 Å². The standard InChI is InChI=1S/C13H9BrClN5/c14-12-10(15)5-2-6-11(12)20-13(17-18-19-20)8-3-1-4-9(16)7-8/h1-7H,16H2. The van der Waals surface area contributed by atoms with E-state index in [-0.39, 0.29) is 0 Å². The summed E-state index contributed by atoms with van der Waals surface area (Å²) in [6, 6.07) is 12.9. The van der Waals surface area contributed by atoms with Gasteiger partial charge in [0, 0.05) is 11.3 Å². The topological polar surface area (TPSA) is 69.6 Å². The van der Waals surface area contributed by atoms with E-state index in [1.807, 2.05) is 36.4 Å². The lowest BCUT2D eigenvalue weighted by Gasteiger charge is -2.08. The van der Waals surface area contributed by atoms with Crippen LogP contribution >= 0.6 is 27.5 Å². The van der Waals surface area contributed by atoms with E-state index in [1.54, 1.807) is 10.7 Å². The summed E-state index contributed by atoms with van der Waals surface area (Å²) in [4.78, 5) is 0. The number of nitrogens with two attached hydrogens (primary N) is 1. The van der Waals surface area contributed by atoms with Gasteiger partial charge in [-0.2, -0.15) is 4.68 Å². The summed E-state index contributed by atoms with van der Waals surface area (Å²) in [7, 11) is 0. The number of hydrogen-bond acceptors (Lipinski definition) is 4. The van der Waals surface area contributed by atoms with E-state index in [9.17, 15) is 0 Å². The second-order valence-electron chi connectivity index (χ2n) is 4.11. The van der Waals surface area contributed by atoms with Crippen LogP contribution in [-0.4, -0.2) is 20.2 Å². The highest BCUT2D eigenvalue weighted by molar-refractivity contribution is 9.10. The van der Waals surface area contributed by atoms with Crippen LogP contribution in [0.5, 0.6) is 0 Å². The van der Waals surface area contributed by atoms with E-state index in [0.717, 1.165) is 15.7 Å². The number of nitrogens with zero attached hydrogens (tertiary/aromatic N) is 4. The maximum atomic E-state index is 6.11. The van der Waals surface area contributed by atoms with E-state index < -0.39 is 0 Å². The molecule has 0 atom stereocenters. The lowest BCUT2D eigenvalue weighted by molar-refractivity contribution is 0.789. The fourth-order valence-electron chi connectivity index (χ4n) is 1.86. The highest BCUT2D eigenvalue weighted by Crippen LogP contribution is 2.30. The zero-order valence-corrected chi connectivity index (χ0v) is 12.5. The number of benzene rings is 2. The molecule has 0 aliphatic heterocycles. The Morgan fingerprint density at radius 3 is 2.75 bits per heavy atom. The zero-order valence-electron chi connectivity index (χ0n) is 10.2. The second kappa shape index (κ2) is 5.22. The van der Waals surface area contributed by atoms with Crippen LogP contribution in [0.4, 0.5) is 5.69 Å². The van der Waals surface area contributed by atoms with Crippen molar-refractivity contribution >= 4 is 33.2 Å². The van der Waals surface area contributed by atoms with Crippen molar-refractivity contribution in [1.29, 1.82) is 0 Å². The monoisotopic (exact) mass is 349 g/mol. The van der Waals surface area contributed by atoms with Gasteiger partial charge in [0.05, 0.1) is 15.2 Å². The van der Waals surface area contributed by atoms with Crippen molar-refractivity contribution in [1.82, 2.24) is 20.2 Å². The Bertz CT molecular complexity index is 771. The first kappa shape index (κ1) is 13.1. The number of hydrogen-bond donors (Lipinski definition) is 1. The fourth-order valence-corrected chi connectivity index (χ4v) is 2.46. The summed E-state index contributed by atoms with van der Waals surface area (Å²) in [5, 5.41) is 12.4. The Morgan fingerprint density at radius 2 is 1.95 bits per heavy atom. The number of aromatic nitrogens is 4. The average Bonchev–Trinajstić information content (AvgIpc) is 2.91. The van der Waals surface area contributed by atoms with Gasteiger partial charge in [-0.1, -0.05) is 29.8 Å². The molecular formula is C13H9BrClN5. The first-order valence-electron chi connectivity index (χ1n) is 5.75. The zero-order chi connectivity index (χ0) is 14.1. The quantitative estimate of drug-likeness (QED) is 0.720. The molecule has 1 aromatic heterocycles. The third kappa shape index (κ3) is 2.28. The molecule has 0 amide bonds. The lowest BCUT2D eigenvalue weighted by Crippen LogP contribution is -2.01. The maximum Gasteiger partial charge on any atom is 0.187 e. The predicted molar refractivity (Wildman–Crippen MR) is 81.7 cm³/mol. The molecule has 0 saturated carbocycles. The van der Waals surface area contributed by atoms with Crippen LogP contribution < -0.4 is 5.73 Å². The largest absolute Gasteiger partial charge is 0.399 e. The molecule has 1 heterocycles. The number of rotatable bonds is 2. The molecule has 2 N–H and O–H groups in total. The molecule has 0 aliphatic carbocycles. The summed E-state index contributed by atoms with van der Waals surface area (Å²) < 4.78 is 2.35. The summed E-state index contributed by atoms with van der Waals surface area (Å²) >= 11 is 9.56. The van der Waals surface area contributed by atoms with Gasteiger partial charge in [-0.05, 0) is 50.6 Å². The first-order valence-corrected chi connectivity index (χ1v) is 6.92. The Kier molecular flexibility index (Phi) is 3.42. The van der Waals surface area contributed by atoms with Crippen LogP contribution in [0.25, 0.3) is 17.1 Å².